The van der Waals surface area contributed by atoms with Crippen molar-refractivity contribution < 1.29 is 4.74 Å². The van der Waals surface area contributed by atoms with Crippen molar-refractivity contribution in [1.82, 2.24) is 9.78 Å². The van der Waals surface area contributed by atoms with Gasteiger partial charge in [-0.3, -0.25) is 4.68 Å². The first-order valence-corrected chi connectivity index (χ1v) is 6.21. The molecule has 0 fully saturated rings. The van der Waals surface area contributed by atoms with Gasteiger partial charge in [-0.1, -0.05) is 29.8 Å². The Hall–Kier alpha value is -1.32. The molecule has 1 atom stereocenters. The van der Waals surface area contributed by atoms with E-state index < -0.39 is 0 Å². The molecular formula is C14H17ClN2O. The molecule has 18 heavy (non-hydrogen) atoms. The van der Waals surface area contributed by atoms with E-state index in [9.17, 15) is 0 Å². The summed E-state index contributed by atoms with van der Waals surface area (Å²) in [6.07, 6.45) is -0.174. The van der Waals surface area contributed by atoms with Crippen molar-refractivity contribution in [3.8, 4) is 0 Å². The van der Waals surface area contributed by atoms with Crippen molar-refractivity contribution in [3.05, 3.63) is 51.8 Å². The SMILES string of the molecule is COC(c1ccccc1Cl)c1c(C)nn(C)c1C. The molecule has 1 aromatic carbocycles. The zero-order valence-corrected chi connectivity index (χ0v) is 11.8. The van der Waals surface area contributed by atoms with Crippen LogP contribution in [0.3, 0.4) is 0 Å². The summed E-state index contributed by atoms with van der Waals surface area (Å²) in [4.78, 5) is 0. The van der Waals surface area contributed by atoms with E-state index in [1.165, 1.54) is 0 Å². The van der Waals surface area contributed by atoms with Gasteiger partial charge in [0.2, 0.25) is 0 Å². The zero-order chi connectivity index (χ0) is 13.3. The highest BCUT2D eigenvalue weighted by atomic mass is 35.5. The van der Waals surface area contributed by atoms with Crippen molar-refractivity contribution in [2.24, 2.45) is 7.05 Å². The lowest BCUT2D eigenvalue weighted by Crippen LogP contribution is -2.07. The Kier molecular flexibility index (Phi) is 3.73. The minimum absolute atomic E-state index is 0.174. The zero-order valence-electron chi connectivity index (χ0n) is 11.1. The van der Waals surface area contributed by atoms with Crippen LogP contribution in [-0.4, -0.2) is 16.9 Å². The summed E-state index contributed by atoms with van der Waals surface area (Å²) < 4.78 is 7.51. The predicted octanol–water partition coefficient (Wildman–Crippen LogP) is 3.43. The standard InChI is InChI=1S/C14H17ClN2O/c1-9-13(10(2)17(3)16-9)14(18-4)11-7-5-6-8-12(11)15/h5-8,14H,1-4H3. The van der Waals surface area contributed by atoms with Gasteiger partial charge in [0.05, 0.1) is 5.69 Å². The lowest BCUT2D eigenvalue weighted by atomic mass is 9.99. The number of nitrogens with zero attached hydrogens (tertiary/aromatic N) is 2. The van der Waals surface area contributed by atoms with Gasteiger partial charge in [0, 0.05) is 36.0 Å². The number of hydrogen-bond acceptors (Lipinski definition) is 2. The fraction of sp³-hybridized carbons (Fsp3) is 0.357. The van der Waals surface area contributed by atoms with E-state index in [1.54, 1.807) is 7.11 Å². The monoisotopic (exact) mass is 264 g/mol. The normalized spacial score (nSPS) is 12.7. The number of methoxy groups -OCH3 is 1. The maximum atomic E-state index is 6.25. The first kappa shape index (κ1) is 13.1. The largest absolute Gasteiger partial charge is 0.372 e. The van der Waals surface area contributed by atoms with E-state index in [4.69, 9.17) is 16.3 Å². The second-order valence-electron chi connectivity index (χ2n) is 4.35. The summed E-state index contributed by atoms with van der Waals surface area (Å²) in [5, 5.41) is 5.14. The highest BCUT2D eigenvalue weighted by Gasteiger charge is 2.23. The van der Waals surface area contributed by atoms with E-state index in [1.807, 2.05) is 49.8 Å². The van der Waals surface area contributed by atoms with Crippen molar-refractivity contribution in [2.45, 2.75) is 20.0 Å². The molecule has 0 saturated carbocycles. The molecule has 0 aliphatic rings. The summed E-state index contributed by atoms with van der Waals surface area (Å²) in [6, 6.07) is 7.75. The van der Waals surface area contributed by atoms with Crippen LogP contribution in [0.2, 0.25) is 5.02 Å². The van der Waals surface area contributed by atoms with Crippen LogP contribution in [0.4, 0.5) is 0 Å². The Morgan fingerprint density at radius 1 is 1.28 bits per heavy atom. The summed E-state index contributed by atoms with van der Waals surface area (Å²) in [5.74, 6) is 0. The third-order valence-corrected chi connectivity index (χ3v) is 3.59. The Balaban J connectivity index is 2.56. The van der Waals surface area contributed by atoms with Gasteiger partial charge in [-0.05, 0) is 19.9 Å². The minimum Gasteiger partial charge on any atom is -0.372 e. The highest BCUT2D eigenvalue weighted by Crippen LogP contribution is 2.33. The van der Waals surface area contributed by atoms with E-state index in [2.05, 4.69) is 5.10 Å². The van der Waals surface area contributed by atoms with Gasteiger partial charge >= 0.3 is 0 Å². The van der Waals surface area contributed by atoms with E-state index in [-0.39, 0.29) is 6.10 Å². The average Bonchev–Trinajstić information content (AvgIpc) is 2.59. The summed E-state index contributed by atoms with van der Waals surface area (Å²) in [5.41, 5.74) is 4.13. The molecule has 3 nitrogen and oxygen atoms in total. The predicted molar refractivity (Wildman–Crippen MR) is 73.0 cm³/mol. The molecule has 0 amide bonds. The average molecular weight is 265 g/mol. The number of rotatable bonds is 3. The molecular weight excluding hydrogens is 248 g/mol. The van der Waals surface area contributed by atoms with Crippen molar-refractivity contribution in [3.63, 3.8) is 0 Å². The van der Waals surface area contributed by atoms with Crippen molar-refractivity contribution in [1.29, 1.82) is 0 Å². The van der Waals surface area contributed by atoms with Crippen LogP contribution in [0.1, 0.15) is 28.6 Å². The molecule has 1 heterocycles. The van der Waals surface area contributed by atoms with Gasteiger partial charge in [0.15, 0.2) is 0 Å². The molecule has 0 saturated heterocycles. The van der Waals surface area contributed by atoms with E-state index in [0.29, 0.717) is 5.02 Å². The van der Waals surface area contributed by atoms with Crippen LogP contribution in [-0.2, 0) is 11.8 Å². The second kappa shape index (κ2) is 5.12. The number of ether oxygens (including phenoxy) is 1. The van der Waals surface area contributed by atoms with Crippen LogP contribution < -0.4 is 0 Å². The van der Waals surface area contributed by atoms with Gasteiger partial charge in [0.25, 0.3) is 0 Å². The third-order valence-electron chi connectivity index (χ3n) is 3.25. The van der Waals surface area contributed by atoms with E-state index in [0.717, 1.165) is 22.5 Å². The number of aryl methyl sites for hydroxylation is 2. The van der Waals surface area contributed by atoms with Crippen LogP contribution in [0, 0.1) is 13.8 Å². The Labute approximate surface area is 112 Å². The number of benzene rings is 1. The molecule has 0 N–H and O–H groups in total. The van der Waals surface area contributed by atoms with Crippen molar-refractivity contribution >= 4 is 11.6 Å². The minimum atomic E-state index is -0.174. The molecule has 1 unspecified atom stereocenters. The summed E-state index contributed by atoms with van der Waals surface area (Å²) in [6.45, 7) is 4.03. The third kappa shape index (κ3) is 2.16. The smallest absolute Gasteiger partial charge is 0.112 e. The quantitative estimate of drug-likeness (QED) is 0.849. The lowest BCUT2D eigenvalue weighted by Gasteiger charge is -2.18. The molecule has 96 valence electrons. The van der Waals surface area contributed by atoms with Gasteiger partial charge in [-0.25, -0.2) is 0 Å². The molecule has 0 aliphatic heterocycles. The summed E-state index contributed by atoms with van der Waals surface area (Å²) in [7, 11) is 3.63. The number of hydrogen-bond donors (Lipinski definition) is 0. The number of halogens is 1. The number of aromatic nitrogens is 2. The first-order valence-electron chi connectivity index (χ1n) is 5.83. The van der Waals surface area contributed by atoms with Gasteiger partial charge in [-0.2, -0.15) is 5.10 Å². The first-order chi connectivity index (χ1) is 8.56. The molecule has 0 aliphatic carbocycles. The van der Waals surface area contributed by atoms with Crippen LogP contribution in [0.25, 0.3) is 0 Å². The molecule has 0 radical (unpaired) electrons. The van der Waals surface area contributed by atoms with Gasteiger partial charge in [0.1, 0.15) is 6.10 Å². The highest BCUT2D eigenvalue weighted by molar-refractivity contribution is 6.31. The molecule has 2 rings (SSSR count). The molecule has 1 aromatic heterocycles. The molecule has 2 aromatic rings. The maximum absolute atomic E-state index is 6.25. The van der Waals surface area contributed by atoms with Gasteiger partial charge in [-0.15, -0.1) is 0 Å². The Morgan fingerprint density at radius 2 is 1.94 bits per heavy atom. The van der Waals surface area contributed by atoms with E-state index >= 15 is 0 Å². The molecule has 0 bridgehead atoms. The fourth-order valence-corrected chi connectivity index (χ4v) is 2.49. The fourth-order valence-electron chi connectivity index (χ4n) is 2.26. The summed E-state index contributed by atoms with van der Waals surface area (Å²) >= 11 is 6.25. The van der Waals surface area contributed by atoms with Crippen molar-refractivity contribution in [2.75, 3.05) is 7.11 Å². The lowest BCUT2D eigenvalue weighted by molar-refractivity contribution is 0.135. The van der Waals surface area contributed by atoms with Crippen LogP contribution in [0.5, 0.6) is 0 Å². The Morgan fingerprint density at radius 3 is 2.44 bits per heavy atom. The van der Waals surface area contributed by atoms with Crippen LogP contribution in [0.15, 0.2) is 24.3 Å². The topological polar surface area (TPSA) is 27.1 Å². The molecule has 4 heteroatoms. The second-order valence-corrected chi connectivity index (χ2v) is 4.75. The van der Waals surface area contributed by atoms with Gasteiger partial charge < -0.3 is 4.74 Å². The molecule has 0 spiro atoms. The Bertz CT molecular complexity index is 563. The van der Waals surface area contributed by atoms with Crippen LogP contribution >= 0.6 is 11.6 Å². The maximum Gasteiger partial charge on any atom is 0.112 e.